The molecule has 1 amide bonds. The molecule has 142 valence electrons. The highest BCUT2D eigenvalue weighted by atomic mass is 16.6. The minimum absolute atomic E-state index is 0.192. The summed E-state index contributed by atoms with van der Waals surface area (Å²) in [5.74, 6) is 0. The first-order valence-electron chi connectivity index (χ1n) is 9.19. The predicted octanol–water partition coefficient (Wildman–Crippen LogP) is 5.73. The molecule has 0 aliphatic carbocycles. The topological polar surface area (TPSA) is 29.5 Å². The maximum absolute atomic E-state index is 12.9. The van der Waals surface area contributed by atoms with Crippen molar-refractivity contribution in [3.05, 3.63) is 91.0 Å². The Morgan fingerprint density at radius 2 is 1.63 bits per heavy atom. The van der Waals surface area contributed by atoms with Crippen LogP contribution >= 0.6 is 0 Å². The summed E-state index contributed by atoms with van der Waals surface area (Å²) in [6.07, 6.45) is 2.11. The zero-order valence-corrected chi connectivity index (χ0v) is 16.5. The molecule has 3 nitrogen and oxygen atoms in total. The lowest BCUT2D eigenvalue weighted by molar-refractivity contribution is 0.0229. The number of carbonyl (C=O) groups is 1. The van der Waals surface area contributed by atoms with Crippen molar-refractivity contribution in [1.82, 2.24) is 4.90 Å². The summed E-state index contributed by atoms with van der Waals surface area (Å²) in [5, 5.41) is 0. The number of ether oxygens (including phenoxy) is 1. The van der Waals surface area contributed by atoms with Gasteiger partial charge < -0.3 is 4.74 Å². The molecule has 0 heterocycles. The van der Waals surface area contributed by atoms with Crippen LogP contribution in [0.15, 0.2) is 79.9 Å². The molecule has 0 radical (unpaired) electrons. The zero-order valence-electron chi connectivity index (χ0n) is 16.5. The highest BCUT2D eigenvalue weighted by Gasteiger charge is 2.27. The van der Waals surface area contributed by atoms with Crippen LogP contribution in [0.1, 0.15) is 31.9 Å². The Morgan fingerprint density at radius 1 is 1.07 bits per heavy atom. The minimum atomic E-state index is -0.568. The van der Waals surface area contributed by atoms with Gasteiger partial charge in [0.1, 0.15) is 5.60 Å². The summed E-state index contributed by atoms with van der Waals surface area (Å²) in [4.78, 5) is 14.6. The number of hydrogen-bond acceptors (Lipinski definition) is 2. The van der Waals surface area contributed by atoms with Gasteiger partial charge in [-0.15, -0.1) is 6.58 Å². The van der Waals surface area contributed by atoms with E-state index in [1.807, 2.05) is 69.3 Å². The normalized spacial score (nSPS) is 12.1. The second-order valence-corrected chi connectivity index (χ2v) is 7.57. The van der Waals surface area contributed by atoms with Gasteiger partial charge >= 0.3 is 6.09 Å². The van der Waals surface area contributed by atoms with Crippen molar-refractivity contribution in [2.45, 2.75) is 38.8 Å². The summed E-state index contributed by atoms with van der Waals surface area (Å²) in [7, 11) is 0. The van der Waals surface area contributed by atoms with Crippen LogP contribution in [0.4, 0.5) is 4.79 Å². The van der Waals surface area contributed by atoms with Crippen LogP contribution in [-0.2, 0) is 11.2 Å². The molecule has 0 bridgehead atoms. The van der Waals surface area contributed by atoms with Crippen LogP contribution in [0.25, 0.3) is 5.57 Å². The van der Waals surface area contributed by atoms with E-state index in [2.05, 4.69) is 25.3 Å². The molecule has 0 aliphatic heterocycles. The van der Waals surface area contributed by atoms with Gasteiger partial charge in [0.25, 0.3) is 0 Å². The average molecular weight is 364 g/mol. The minimum Gasteiger partial charge on any atom is -0.444 e. The molecular formula is C24H29NO2. The Bertz CT molecular complexity index is 760. The van der Waals surface area contributed by atoms with Crippen LogP contribution in [0, 0.1) is 0 Å². The van der Waals surface area contributed by atoms with Crippen molar-refractivity contribution < 1.29 is 9.53 Å². The van der Waals surface area contributed by atoms with Gasteiger partial charge in [-0.3, -0.25) is 4.90 Å². The Labute approximate surface area is 163 Å². The van der Waals surface area contributed by atoms with Gasteiger partial charge in [0.05, 0.1) is 6.04 Å². The lowest BCUT2D eigenvalue weighted by Crippen LogP contribution is -2.44. The van der Waals surface area contributed by atoms with Crippen LogP contribution in [0.5, 0.6) is 0 Å². The third kappa shape index (κ3) is 6.45. The smallest absolute Gasteiger partial charge is 0.411 e. The number of benzene rings is 2. The van der Waals surface area contributed by atoms with Crippen LogP contribution in [0.2, 0.25) is 0 Å². The number of hydrogen-bond donors (Lipinski definition) is 0. The molecule has 0 spiro atoms. The molecule has 0 aliphatic rings. The largest absolute Gasteiger partial charge is 0.444 e. The summed E-state index contributed by atoms with van der Waals surface area (Å²) in [5.41, 5.74) is 2.44. The lowest BCUT2D eigenvalue weighted by Gasteiger charge is -2.33. The maximum Gasteiger partial charge on any atom is 0.411 e. The van der Waals surface area contributed by atoms with E-state index in [-0.39, 0.29) is 12.1 Å². The Balaban J connectivity index is 2.25. The molecule has 0 N–H and O–H groups in total. The van der Waals surface area contributed by atoms with Gasteiger partial charge in [-0.05, 0) is 43.9 Å². The van der Waals surface area contributed by atoms with Gasteiger partial charge in [0.15, 0.2) is 0 Å². The average Bonchev–Trinajstić information content (AvgIpc) is 2.64. The highest BCUT2D eigenvalue weighted by Crippen LogP contribution is 2.20. The van der Waals surface area contributed by atoms with Gasteiger partial charge in [-0.25, -0.2) is 4.79 Å². The van der Waals surface area contributed by atoms with Gasteiger partial charge in [0.2, 0.25) is 0 Å². The predicted molar refractivity (Wildman–Crippen MR) is 113 cm³/mol. The lowest BCUT2D eigenvalue weighted by atomic mass is 10.0. The molecule has 0 saturated heterocycles. The molecule has 0 saturated carbocycles. The van der Waals surface area contributed by atoms with E-state index in [1.165, 1.54) is 0 Å². The van der Waals surface area contributed by atoms with Crippen molar-refractivity contribution in [2.24, 2.45) is 0 Å². The summed E-state index contributed by atoms with van der Waals surface area (Å²) in [6.45, 7) is 14.1. The Morgan fingerprint density at radius 3 is 2.15 bits per heavy atom. The summed E-state index contributed by atoms with van der Waals surface area (Å²) in [6, 6.07) is 19.8. The van der Waals surface area contributed by atoms with Crippen LogP contribution < -0.4 is 0 Å². The number of nitrogens with zero attached hydrogens (tertiary/aromatic N) is 1. The van der Waals surface area contributed by atoms with E-state index < -0.39 is 5.60 Å². The van der Waals surface area contributed by atoms with Crippen molar-refractivity contribution in [3.63, 3.8) is 0 Å². The molecule has 0 aromatic heterocycles. The SMILES string of the molecule is C=C[C@H](Cc1ccccc1)N(CC(=C)c1ccccc1)C(=O)OC(C)(C)C. The first kappa shape index (κ1) is 20.5. The third-order valence-electron chi connectivity index (χ3n) is 4.13. The van der Waals surface area contributed by atoms with Crippen LogP contribution in [0.3, 0.4) is 0 Å². The molecule has 3 heteroatoms. The second-order valence-electron chi connectivity index (χ2n) is 7.57. The fraction of sp³-hybridized carbons (Fsp3) is 0.292. The summed E-state index contributed by atoms with van der Waals surface area (Å²) >= 11 is 0. The zero-order chi connectivity index (χ0) is 19.9. The molecule has 2 aromatic carbocycles. The fourth-order valence-electron chi connectivity index (χ4n) is 2.78. The second kappa shape index (κ2) is 9.22. The van der Waals surface area contributed by atoms with Crippen LogP contribution in [-0.4, -0.2) is 29.2 Å². The van der Waals surface area contributed by atoms with Gasteiger partial charge in [-0.2, -0.15) is 0 Å². The van der Waals surface area contributed by atoms with Gasteiger partial charge in [0, 0.05) is 6.54 Å². The monoisotopic (exact) mass is 363 g/mol. The van der Waals surface area contributed by atoms with E-state index in [1.54, 1.807) is 11.0 Å². The number of amides is 1. The fourth-order valence-corrected chi connectivity index (χ4v) is 2.78. The molecule has 27 heavy (non-hydrogen) atoms. The first-order chi connectivity index (χ1) is 12.8. The Hall–Kier alpha value is -2.81. The van der Waals surface area contributed by atoms with Crippen molar-refractivity contribution in [2.75, 3.05) is 6.54 Å². The van der Waals surface area contributed by atoms with E-state index in [9.17, 15) is 4.79 Å². The standard InChI is InChI=1S/C24H29NO2/c1-6-22(17-20-13-9-7-10-14-20)25(23(26)27-24(3,4)5)18-19(2)21-15-11-8-12-16-21/h6-16,22H,1-2,17-18H2,3-5H3/t22-/m1/s1. The molecule has 0 fully saturated rings. The highest BCUT2D eigenvalue weighted by molar-refractivity contribution is 5.74. The van der Waals surface area contributed by atoms with E-state index in [0.717, 1.165) is 16.7 Å². The van der Waals surface area contributed by atoms with Crippen molar-refractivity contribution in [3.8, 4) is 0 Å². The molecule has 2 rings (SSSR count). The third-order valence-corrected chi connectivity index (χ3v) is 4.13. The Kier molecular flexibility index (Phi) is 7.00. The van der Waals surface area contributed by atoms with E-state index in [0.29, 0.717) is 13.0 Å². The number of carbonyl (C=O) groups excluding carboxylic acids is 1. The first-order valence-corrected chi connectivity index (χ1v) is 9.19. The van der Waals surface area contributed by atoms with Crippen molar-refractivity contribution >= 4 is 11.7 Å². The van der Waals surface area contributed by atoms with Crippen molar-refractivity contribution in [1.29, 1.82) is 0 Å². The molecule has 0 unspecified atom stereocenters. The summed E-state index contributed by atoms with van der Waals surface area (Å²) < 4.78 is 5.66. The van der Waals surface area contributed by atoms with E-state index in [4.69, 9.17) is 4.74 Å². The molecule has 2 aromatic rings. The van der Waals surface area contributed by atoms with E-state index >= 15 is 0 Å². The van der Waals surface area contributed by atoms with Gasteiger partial charge in [-0.1, -0.05) is 73.3 Å². The molecule has 1 atom stereocenters. The maximum atomic E-state index is 12.9. The number of rotatable bonds is 7. The molecular weight excluding hydrogens is 334 g/mol. The quantitative estimate of drug-likeness (QED) is 0.588.